The van der Waals surface area contributed by atoms with E-state index in [-0.39, 0.29) is 6.04 Å². The van der Waals surface area contributed by atoms with Gasteiger partial charge in [0.2, 0.25) is 0 Å². The molecule has 41 heavy (non-hydrogen) atoms. The lowest BCUT2D eigenvalue weighted by Gasteiger charge is -2.29. The van der Waals surface area contributed by atoms with Gasteiger partial charge in [-0.2, -0.15) is 0 Å². The molecule has 0 N–H and O–H groups in total. The average Bonchev–Trinajstić information content (AvgIpc) is 3.05. The van der Waals surface area contributed by atoms with E-state index in [9.17, 15) is 0 Å². The Morgan fingerprint density at radius 2 is 0.878 bits per heavy atom. The standard InChI is InChI=1S/C39H37NO/c1-31(36-25-15-16-26-39(36)41-2)40(29-27-37(32-17-7-3-8-18-32)33-19-9-4-10-20-33)30-28-38(34-21-11-5-12-22-34)35-23-13-6-14-24-35/h3-28,31H,29-30H2,1-2H3/t31-/m1/s1. The molecule has 0 saturated carbocycles. The SMILES string of the molecule is COc1ccccc1[C@@H](C)N(CC=C(c1ccccc1)c1ccccc1)CC=C(c1ccccc1)c1ccccc1. The predicted molar refractivity (Wildman–Crippen MR) is 173 cm³/mol. The smallest absolute Gasteiger partial charge is 0.123 e. The number of hydrogen-bond acceptors (Lipinski definition) is 2. The van der Waals surface area contributed by atoms with Crippen molar-refractivity contribution >= 4 is 11.1 Å². The van der Waals surface area contributed by atoms with E-state index in [1.807, 2.05) is 6.07 Å². The molecule has 0 radical (unpaired) electrons. The fourth-order valence-electron chi connectivity index (χ4n) is 5.29. The summed E-state index contributed by atoms with van der Waals surface area (Å²) in [5.74, 6) is 0.913. The molecule has 0 aliphatic heterocycles. The van der Waals surface area contributed by atoms with Crippen molar-refractivity contribution in [2.24, 2.45) is 0 Å². The maximum atomic E-state index is 5.79. The van der Waals surface area contributed by atoms with Crippen molar-refractivity contribution in [3.05, 3.63) is 186 Å². The Hall–Kier alpha value is -4.66. The van der Waals surface area contributed by atoms with Gasteiger partial charge in [-0.15, -0.1) is 0 Å². The van der Waals surface area contributed by atoms with Crippen molar-refractivity contribution in [1.82, 2.24) is 4.90 Å². The van der Waals surface area contributed by atoms with Crippen LogP contribution < -0.4 is 4.74 Å². The Bertz CT molecular complexity index is 1380. The molecule has 0 unspecified atom stereocenters. The predicted octanol–water partition coefficient (Wildman–Crippen LogP) is 9.32. The summed E-state index contributed by atoms with van der Waals surface area (Å²) in [5.41, 5.74) is 8.51. The van der Waals surface area contributed by atoms with E-state index in [0.717, 1.165) is 18.8 Å². The summed E-state index contributed by atoms with van der Waals surface area (Å²) in [4.78, 5) is 2.51. The van der Waals surface area contributed by atoms with Crippen molar-refractivity contribution in [2.45, 2.75) is 13.0 Å². The van der Waals surface area contributed by atoms with Gasteiger partial charge in [-0.1, -0.05) is 152 Å². The van der Waals surface area contributed by atoms with Gasteiger partial charge in [-0.05, 0) is 46.4 Å². The molecule has 0 saturated heterocycles. The fourth-order valence-corrected chi connectivity index (χ4v) is 5.29. The van der Waals surface area contributed by atoms with Crippen molar-refractivity contribution in [2.75, 3.05) is 20.2 Å². The monoisotopic (exact) mass is 535 g/mol. The van der Waals surface area contributed by atoms with Crippen LogP contribution in [-0.2, 0) is 0 Å². The Kier molecular flexibility index (Phi) is 9.60. The fraction of sp³-hybridized carbons (Fsp3) is 0.128. The number of hydrogen-bond donors (Lipinski definition) is 0. The molecule has 5 rings (SSSR count). The third-order valence-corrected chi connectivity index (χ3v) is 7.54. The minimum Gasteiger partial charge on any atom is -0.496 e. The van der Waals surface area contributed by atoms with Crippen LogP contribution >= 0.6 is 0 Å². The molecule has 0 aliphatic rings. The maximum absolute atomic E-state index is 5.79. The molecule has 0 bridgehead atoms. The van der Waals surface area contributed by atoms with E-state index in [1.54, 1.807) is 7.11 Å². The number of benzene rings is 5. The molecular formula is C39H37NO. The first-order valence-corrected chi connectivity index (χ1v) is 14.2. The van der Waals surface area contributed by atoms with Gasteiger partial charge in [0.1, 0.15) is 5.75 Å². The van der Waals surface area contributed by atoms with E-state index >= 15 is 0 Å². The summed E-state index contributed by atoms with van der Waals surface area (Å²) in [6.45, 7) is 3.81. The van der Waals surface area contributed by atoms with Crippen LogP contribution in [0.15, 0.2) is 158 Å². The van der Waals surface area contributed by atoms with Crippen molar-refractivity contribution in [1.29, 1.82) is 0 Å². The van der Waals surface area contributed by atoms with E-state index in [2.05, 4.69) is 164 Å². The second-order valence-electron chi connectivity index (χ2n) is 10.1. The zero-order valence-corrected chi connectivity index (χ0v) is 23.9. The van der Waals surface area contributed by atoms with Crippen LogP contribution in [0.5, 0.6) is 5.75 Å². The van der Waals surface area contributed by atoms with Gasteiger partial charge in [0, 0.05) is 24.7 Å². The number of ether oxygens (including phenoxy) is 1. The molecule has 0 aliphatic carbocycles. The number of methoxy groups -OCH3 is 1. The first-order chi connectivity index (χ1) is 20.2. The zero-order chi connectivity index (χ0) is 28.3. The second-order valence-corrected chi connectivity index (χ2v) is 10.1. The van der Waals surface area contributed by atoms with E-state index in [1.165, 1.54) is 39.0 Å². The highest BCUT2D eigenvalue weighted by Crippen LogP contribution is 2.31. The number of nitrogens with zero attached hydrogens (tertiary/aromatic N) is 1. The summed E-state index contributed by atoms with van der Waals surface area (Å²) >= 11 is 0. The van der Waals surface area contributed by atoms with Gasteiger partial charge in [0.25, 0.3) is 0 Å². The molecule has 0 fully saturated rings. The highest BCUT2D eigenvalue weighted by Gasteiger charge is 2.19. The van der Waals surface area contributed by atoms with Crippen LogP contribution in [0.2, 0.25) is 0 Å². The zero-order valence-electron chi connectivity index (χ0n) is 23.9. The molecule has 2 nitrogen and oxygen atoms in total. The molecular weight excluding hydrogens is 498 g/mol. The average molecular weight is 536 g/mol. The van der Waals surface area contributed by atoms with E-state index in [4.69, 9.17) is 4.74 Å². The molecule has 0 amide bonds. The summed E-state index contributed by atoms with van der Waals surface area (Å²) in [6, 6.07) is 51.1. The molecule has 1 atom stereocenters. The van der Waals surface area contributed by atoms with Crippen LogP contribution in [0.1, 0.15) is 40.8 Å². The summed E-state index contributed by atoms with van der Waals surface area (Å²) in [6.07, 6.45) is 4.74. The lowest BCUT2D eigenvalue weighted by molar-refractivity contribution is 0.254. The Morgan fingerprint density at radius 3 is 1.24 bits per heavy atom. The highest BCUT2D eigenvalue weighted by molar-refractivity contribution is 5.80. The van der Waals surface area contributed by atoms with E-state index < -0.39 is 0 Å². The largest absolute Gasteiger partial charge is 0.496 e. The molecule has 2 heteroatoms. The molecule has 5 aromatic carbocycles. The quantitative estimate of drug-likeness (QED) is 0.167. The summed E-state index contributed by atoms with van der Waals surface area (Å²) in [7, 11) is 1.75. The Morgan fingerprint density at radius 1 is 0.537 bits per heavy atom. The van der Waals surface area contributed by atoms with Gasteiger partial charge in [-0.25, -0.2) is 0 Å². The maximum Gasteiger partial charge on any atom is 0.123 e. The lowest BCUT2D eigenvalue weighted by atomic mass is 9.96. The highest BCUT2D eigenvalue weighted by atomic mass is 16.5. The third kappa shape index (κ3) is 7.11. The molecule has 0 aromatic heterocycles. The minimum atomic E-state index is 0.124. The lowest BCUT2D eigenvalue weighted by Crippen LogP contribution is -2.28. The van der Waals surface area contributed by atoms with Gasteiger partial charge in [0.15, 0.2) is 0 Å². The summed E-state index contributed by atoms with van der Waals surface area (Å²) in [5, 5.41) is 0. The first-order valence-electron chi connectivity index (χ1n) is 14.2. The van der Waals surface area contributed by atoms with Gasteiger partial charge < -0.3 is 4.74 Å². The normalized spacial score (nSPS) is 11.5. The Balaban J connectivity index is 1.56. The molecule has 5 aromatic rings. The van der Waals surface area contributed by atoms with E-state index in [0.29, 0.717) is 0 Å². The van der Waals surface area contributed by atoms with Crippen molar-refractivity contribution in [3.63, 3.8) is 0 Å². The van der Waals surface area contributed by atoms with Crippen molar-refractivity contribution in [3.8, 4) is 5.75 Å². The minimum absolute atomic E-state index is 0.124. The molecule has 0 heterocycles. The van der Waals surface area contributed by atoms with Crippen LogP contribution in [0, 0.1) is 0 Å². The van der Waals surface area contributed by atoms with Gasteiger partial charge >= 0.3 is 0 Å². The second kappa shape index (κ2) is 14.1. The van der Waals surface area contributed by atoms with Crippen molar-refractivity contribution < 1.29 is 4.74 Å². The molecule has 204 valence electrons. The first kappa shape index (κ1) is 27.9. The van der Waals surface area contributed by atoms with Gasteiger partial charge in [0.05, 0.1) is 7.11 Å². The number of para-hydroxylation sites is 1. The topological polar surface area (TPSA) is 12.5 Å². The summed E-state index contributed by atoms with van der Waals surface area (Å²) < 4.78 is 5.79. The number of rotatable bonds is 11. The van der Waals surface area contributed by atoms with Crippen LogP contribution in [0.4, 0.5) is 0 Å². The van der Waals surface area contributed by atoms with Crippen LogP contribution in [0.25, 0.3) is 11.1 Å². The van der Waals surface area contributed by atoms with Crippen LogP contribution in [-0.4, -0.2) is 25.1 Å². The van der Waals surface area contributed by atoms with Crippen LogP contribution in [0.3, 0.4) is 0 Å². The molecule has 0 spiro atoms. The third-order valence-electron chi connectivity index (χ3n) is 7.54. The Labute approximate surface area is 244 Å². The van der Waals surface area contributed by atoms with Gasteiger partial charge in [-0.3, -0.25) is 4.90 Å².